The van der Waals surface area contributed by atoms with Gasteiger partial charge in [-0.1, -0.05) is 0 Å². The van der Waals surface area contributed by atoms with Crippen LogP contribution < -0.4 is 5.32 Å². The lowest BCUT2D eigenvalue weighted by Gasteiger charge is -2.15. The fourth-order valence-electron chi connectivity index (χ4n) is 2.08. The zero-order valence-electron chi connectivity index (χ0n) is 11.0. The van der Waals surface area contributed by atoms with Gasteiger partial charge in [0, 0.05) is 24.3 Å². The van der Waals surface area contributed by atoms with Gasteiger partial charge in [0.15, 0.2) is 0 Å². The van der Waals surface area contributed by atoms with E-state index in [-0.39, 0.29) is 5.91 Å². The number of hydrogen-bond donors (Lipinski definition) is 1. The second kappa shape index (κ2) is 6.22. The molecule has 0 atom stereocenters. The van der Waals surface area contributed by atoms with Crippen molar-refractivity contribution in [2.24, 2.45) is 0 Å². The van der Waals surface area contributed by atoms with Crippen LogP contribution in [0.25, 0.3) is 0 Å². The molecule has 1 fully saturated rings. The van der Waals surface area contributed by atoms with Crippen LogP contribution in [0.3, 0.4) is 0 Å². The molecule has 0 aliphatic carbocycles. The van der Waals surface area contributed by atoms with Crippen LogP contribution in [-0.4, -0.2) is 36.6 Å². The first-order chi connectivity index (χ1) is 9.20. The van der Waals surface area contributed by atoms with Gasteiger partial charge in [0.2, 0.25) is 0 Å². The molecule has 0 saturated carbocycles. The molecule has 0 radical (unpaired) electrons. The molecule has 1 N–H and O–H groups in total. The molecule has 1 aliphatic heterocycles. The van der Waals surface area contributed by atoms with Gasteiger partial charge in [-0.2, -0.15) is 0 Å². The number of amides is 2. The Morgan fingerprint density at radius 2 is 1.84 bits per heavy atom. The first kappa shape index (κ1) is 13.4. The number of nitrogens with zero attached hydrogens (tertiary/aromatic N) is 1. The zero-order valence-corrected chi connectivity index (χ0v) is 11.0. The van der Waals surface area contributed by atoms with Crippen molar-refractivity contribution in [3.8, 4) is 0 Å². The molecule has 0 bridgehead atoms. The molecule has 5 heteroatoms. The van der Waals surface area contributed by atoms with Crippen LogP contribution in [0.5, 0.6) is 0 Å². The van der Waals surface area contributed by atoms with Crippen LogP contribution in [0.15, 0.2) is 24.3 Å². The Balaban J connectivity index is 1.97. The number of likely N-dealkylation sites (tertiary alicyclic amines) is 1. The summed E-state index contributed by atoms with van der Waals surface area (Å²) in [5.41, 5.74) is 1.27. The highest BCUT2D eigenvalue weighted by Crippen LogP contribution is 2.15. The van der Waals surface area contributed by atoms with Crippen LogP contribution in [-0.2, 0) is 4.74 Å². The second-order valence-corrected chi connectivity index (χ2v) is 4.42. The Morgan fingerprint density at radius 1 is 1.21 bits per heavy atom. The van der Waals surface area contributed by atoms with Gasteiger partial charge in [-0.3, -0.25) is 10.1 Å². The van der Waals surface area contributed by atoms with E-state index in [0.29, 0.717) is 17.9 Å². The highest BCUT2D eigenvalue weighted by atomic mass is 16.5. The third kappa shape index (κ3) is 3.47. The fourth-order valence-corrected chi connectivity index (χ4v) is 2.08. The van der Waals surface area contributed by atoms with Crippen LogP contribution in [0.2, 0.25) is 0 Å². The third-order valence-electron chi connectivity index (χ3n) is 3.05. The molecule has 1 aromatic carbocycles. The first-order valence-electron chi connectivity index (χ1n) is 6.54. The number of rotatable bonds is 3. The monoisotopic (exact) mass is 262 g/mol. The van der Waals surface area contributed by atoms with E-state index in [2.05, 4.69) is 5.32 Å². The molecular weight excluding hydrogens is 244 g/mol. The Labute approximate surface area is 112 Å². The maximum atomic E-state index is 12.1. The predicted octanol–water partition coefficient (Wildman–Crippen LogP) is 2.49. The highest BCUT2D eigenvalue weighted by Gasteiger charge is 2.19. The molecule has 19 heavy (non-hydrogen) atoms. The van der Waals surface area contributed by atoms with Crippen molar-refractivity contribution < 1.29 is 14.3 Å². The van der Waals surface area contributed by atoms with Crippen LogP contribution in [0.1, 0.15) is 30.1 Å². The molecule has 1 heterocycles. The Kier molecular flexibility index (Phi) is 4.39. The number of carbonyl (C=O) groups excluding carboxylic acids is 2. The maximum absolute atomic E-state index is 12.1. The van der Waals surface area contributed by atoms with Crippen molar-refractivity contribution in [3.63, 3.8) is 0 Å². The quantitative estimate of drug-likeness (QED) is 0.910. The number of nitrogens with one attached hydrogen (secondary N) is 1. The number of benzene rings is 1. The highest BCUT2D eigenvalue weighted by molar-refractivity contribution is 5.95. The van der Waals surface area contributed by atoms with E-state index in [1.165, 1.54) is 0 Å². The third-order valence-corrected chi connectivity index (χ3v) is 3.05. The summed E-state index contributed by atoms with van der Waals surface area (Å²) in [6, 6.07) is 6.87. The molecular formula is C14H18N2O3. The minimum absolute atomic E-state index is 0.0557. The van der Waals surface area contributed by atoms with Gasteiger partial charge >= 0.3 is 6.09 Å². The lowest BCUT2D eigenvalue weighted by Crippen LogP contribution is -2.27. The number of hydrogen-bond acceptors (Lipinski definition) is 3. The summed E-state index contributed by atoms with van der Waals surface area (Å²) in [6.45, 7) is 3.75. The Bertz CT molecular complexity index is 450. The summed E-state index contributed by atoms with van der Waals surface area (Å²) in [4.78, 5) is 25.2. The van der Waals surface area contributed by atoms with Crippen molar-refractivity contribution in [2.75, 3.05) is 25.0 Å². The van der Waals surface area contributed by atoms with E-state index in [1.54, 1.807) is 31.2 Å². The number of carbonyl (C=O) groups is 2. The van der Waals surface area contributed by atoms with E-state index >= 15 is 0 Å². The van der Waals surface area contributed by atoms with Crippen LogP contribution >= 0.6 is 0 Å². The molecule has 1 saturated heterocycles. The Morgan fingerprint density at radius 3 is 2.42 bits per heavy atom. The summed E-state index contributed by atoms with van der Waals surface area (Å²) >= 11 is 0. The molecule has 102 valence electrons. The van der Waals surface area contributed by atoms with Gasteiger partial charge in [0.05, 0.1) is 6.61 Å². The normalized spacial score (nSPS) is 14.3. The fraction of sp³-hybridized carbons (Fsp3) is 0.429. The van der Waals surface area contributed by atoms with Crippen molar-refractivity contribution in [2.45, 2.75) is 19.8 Å². The summed E-state index contributed by atoms with van der Waals surface area (Å²) < 4.78 is 4.78. The van der Waals surface area contributed by atoms with Gasteiger partial charge in [0.25, 0.3) is 5.91 Å². The standard InChI is InChI=1S/C14H18N2O3/c1-2-19-14(18)15-12-7-5-11(6-8-12)13(17)16-9-3-4-10-16/h5-8H,2-4,9-10H2,1H3,(H,15,18). The minimum Gasteiger partial charge on any atom is -0.450 e. The number of ether oxygens (including phenoxy) is 1. The van der Waals surface area contributed by atoms with Crippen molar-refractivity contribution in [1.82, 2.24) is 4.90 Å². The topological polar surface area (TPSA) is 58.6 Å². The van der Waals surface area contributed by atoms with E-state index in [4.69, 9.17) is 4.74 Å². The minimum atomic E-state index is -0.485. The van der Waals surface area contributed by atoms with E-state index < -0.39 is 6.09 Å². The molecule has 1 aliphatic rings. The van der Waals surface area contributed by atoms with Crippen LogP contribution in [0, 0.1) is 0 Å². The van der Waals surface area contributed by atoms with Gasteiger partial charge < -0.3 is 9.64 Å². The SMILES string of the molecule is CCOC(=O)Nc1ccc(C(=O)N2CCCC2)cc1. The summed E-state index contributed by atoms with van der Waals surface area (Å²) in [5.74, 6) is 0.0557. The average molecular weight is 262 g/mol. The van der Waals surface area contributed by atoms with Gasteiger partial charge in [-0.25, -0.2) is 4.79 Å². The predicted molar refractivity (Wildman–Crippen MR) is 72.2 cm³/mol. The molecule has 0 aromatic heterocycles. The largest absolute Gasteiger partial charge is 0.450 e. The molecule has 0 spiro atoms. The van der Waals surface area contributed by atoms with Gasteiger partial charge in [-0.15, -0.1) is 0 Å². The Hall–Kier alpha value is -2.04. The van der Waals surface area contributed by atoms with Crippen molar-refractivity contribution >= 4 is 17.7 Å². The van der Waals surface area contributed by atoms with Crippen molar-refractivity contribution in [3.05, 3.63) is 29.8 Å². The molecule has 0 unspecified atom stereocenters. The smallest absolute Gasteiger partial charge is 0.411 e. The van der Waals surface area contributed by atoms with Gasteiger partial charge in [0.1, 0.15) is 0 Å². The summed E-state index contributed by atoms with van der Waals surface area (Å²) in [5, 5.41) is 2.59. The lowest BCUT2D eigenvalue weighted by atomic mass is 10.2. The molecule has 2 rings (SSSR count). The molecule has 2 amide bonds. The maximum Gasteiger partial charge on any atom is 0.411 e. The molecule has 1 aromatic rings. The lowest BCUT2D eigenvalue weighted by molar-refractivity contribution is 0.0793. The van der Waals surface area contributed by atoms with Crippen LogP contribution in [0.4, 0.5) is 10.5 Å². The van der Waals surface area contributed by atoms with E-state index in [0.717, 1.165) is 25.9 Å². The first-order valence-corrected chi connectivity index (χ1v) is 6.54. The van der Waals surface area contributed by atoms with Crippen molar-refractivity contribution in [1.29, 1.82) is 0 Å². The zero-order chi connectivity index (χ0) is 13.7. The number of anilines is 1. The molecule has 5 nitrogen and oxygen atoms in total. The summed E-state index contributed by atoms with van der Waals surface area (Å²) in [6.07, 6.45) is 1.67. The van der Waals surface area contributed by atoms with E-state index in [9.17, 15) is 9.59 Å². The average Bonchev–Trinajstić information content (AvgIpc) is 2.93. The summed E-state index contributed by atoms with van der Waals surface area (Å²) in [7, 11) is 0. The second-order valence-electron chi connectivity index (χ2n) is 4.42. The van der Waals surface area contributed by atoms with Gasteiger partial charge in [-0.05, 0) is 44.0 Å². The van der Waals surface area contributed by atoms with E-state index in [1.807, 2.05) is 4.90 Å².